The summed E-state index contributed by atoms with van der Waals surface area (Å²) < 4.78 is 41.4. The summed E-state index contributed by atoms with van der Waals surface area (Å²) in [6, 6.07) is 26.1. The Hall–Kier alpha value is -3.83. The molecule has 4 aromatic rings. The summed E-state index contributed by atoms with van der Waals surface area (Å²) in [4.78, 5) is 27.6. The second kappa shape index (κ2) is 14.0. The maximum Gasteiger partial charge on any atom is 0.330 e. The molecule has 11 nitrogen and oxygen atoms in total. The van der Waals surface area contributed by atoms with Crippen LogP contribution in [0.5, 0.6) is 11.5 Å². The lowest BCUT2D eigenvalue weighted by atomic mass is 9.80. The number of H-pyrrole nitrogens is 1. The summed E-state index contributed by atoms with van der Waals surface area (Å²) in [7, 11) is 2.00. The highest BCUT2D eigenvalue weighted by atomic mass is 31.2. The molecule has 3 aromatic carbocycles. The lowest BCUT2D eigenvalue weighted by Crippen LogP contribution is -2.38. The van der Waals surface area contributed by atoms with Gasteiger partial charge in [-0.2, -0.15) is 0 Å². The van der Waals surface area contributed by atoms with Gasteiger partial charge in [-0.05, 0) is 60.7 Å². The second-order valence-corrected chi connectivity index (χ2v) is 13.8. The minimum Gasteiger partial charge on any atom is -0.497 e. The third-order valence-electron chi connectivity index (χ3n) is 9.43. The van der Waals surface area contributed by atoms with Gasteiger partial charge < -0.3 is 28.0 Å². The first-order valence-corrected chi connectivity index (χ1v) is 17.3. The molecule has 1 N–H and O–H groups in total. The Morgan fingerprint density at radius 1 is 0.917 bits per heavy atom. The van der Waals surface area contributed by atoms with Gasteiger partial charge in [-0.1, -0.05) is 54.6 Å². The van der Waals surface area contributed by atoms with E-state index in [-0.39, 0.29) is 6.61 Å². The number of rotatable bonds is 11. The number of aromatic nitrogens is 2. The fraction of sp³-hybridized carbons (Fsp3) is 0.389. The third kappa shape index (κ3) is 6.22. The van der Waals surface area contributed by atoms with Crippen LogP contribution in [-0.4, -0.2) is 66.4 Å². The molecule has 3 aliphatic heterocycles. The van der Waals surface area contributed by atoms with Crippen LogP contribution in [0.15, 0.2) is 94.6 Å². The zero-order valence-electron chi connectivity index (χ0n) is 27.2. The third-order valence-corrected chi connectivity index (χ3v) is 11.2. The maximum atomic E-state index is 13.0. The lowest BCUT2D eigenvalue weighted by molar-refractivity contribution is -0.0919. The van der Waals surface area contributed by atoms with E-state index in [1.54, 1.807) is 27.3 Å². The largest absolute Gasteiger partial charge is 0.497 e. The molecule has 5 atom stereocenters. The van der Waals surface area contributed by atoms with Gasteiger partial charge in [0.2, 0.25) is 0 Å². The van der Waals surface area contributed by atoms with Crippen molar-refractivity contribution in [3.05, 3.63) is 128 Å². The van der Waals surface area contributed by atoms with Crippen LogP contribution < -0.4 is 20.7 Å². The van der Waals surface area contributed by atoms with E-state index in [1.165, 1.54) is 4.57 Å². The van der Waals surface area contributed by atoms with Gasteiger partial charge in [-0.3, -0.25) is 14.3 Å². The number of fused-ring (bicyclic) bond motifs is 1. The van der Waals surface area contributed by atoms with Gasteiger partial charge in [0.15, 0.2) is 0 Å². The van der Waals surface area contributed by atoms with Crippen LogP contribution in [0.25, 0.3) is 0 Å². The normalized spacial score (nSPS) is 24.1. The topological polar surface area (TPSA) is 113 Å². The fourth-order valence-electron chi connectivity index (χ4n) is 6.85. The average molecular weight is 674 g/mol. The van der Waals surface area contributed by atoms with E-state index in [2.05, 4.69) is 9.65 Å². The van der Waals surface area contributed by atoms with Crippen molar-refractivity contribution < 1.29 is 28.0 Å². The van der Waals surface area contributed by atoms with Crippen LogP contribution in [0.2, 0.25) is 0 Å². The maximum absolute atomic E-state index is 13.0. The van der Waals surface area contributed by atoms with Gasteiger partial charge in [-0.25, -0.2) is 9.46 Å². The van der Waals surface area contributed by atoms with E-state index in [1.807, 2.05) is 78.9 Å². The van der Waals surface area contributed by atoms with E-state index in [0.717, 1.165) is 47.6 Å². The van der Waals surface area contributed by atoms with E-state index < -0.39 is 43.8 Å². The standard InChI is InChI=1S/C36H40N3O8P/c1-24-21-38(35(41)37-34(24)40)33-20-31(47-48-39-19-7-10-28(39)22-45-48)32(46-33)23-44-36(25-8-5-4-6-9-25,26-11-15-29(42-2)16-12-26)27-13-17-30(43-3)18-14-27/h4-6,8-9,11-18,21,28,31-33H,7,10,19-20,22-23H2,1-3H3,(H,37,40,41)/t28?,31-,32+,33+,48?/m0/s1. The quantitative estimate of drug-likeness (QED) is 0.168. The summed E-state index contributed by atoms with van der Waals surface area (Å²) in [5, 5.41) is 0. The summed E-state index contributed by atoms with van der Waals surface area (Å²) in [5.41, 5.74) is 1.10. The lowest BCUT2D eigenvalue weighted by Gasteiger charge is -2.37. The summed E-state index contributed by atoms with van der Waals surface area (Å²) in [6.07, 6.45) is 2.44. The van der Waals surface area contributed by atoms with Crippen molar-refractivity contribution >= 4 is 8.53 Å². The molecule has 48 heavy (non-hydrogen) atoms. The average Bonchev–Trinajstić information content (AvgIpc) is 3.85. The van der Waals surface area contributed by atoms with E-state index in [4.69, 9.17) is 28.0 Å². The molecule has 0 saturated carbocycles. The zero-order chi connectivity index (χ0) is 33.3. The minimum atomic E-state index is -1.29. The summed E-state index contributed by atoms with van der Waals surface area (Å²) in [5.74, 6) is 1.46. The number of nitrogens with zero attached hydrogens (tertiary/aromatic N) is 2. The van der Waals surface area contributed by atoms with Crippen molar-refractivity contribution in [2.24, 2.45) is 0 Å². The van der Waals surface area contributed by atoms with Gasteiger partial charge in [0, 0.05) is 30.8 Å². The Bertz CT molecular complexity index is 1770. The molecular formula is C36H40N3O8P. The first-order chi connectivity index (χ1) is 23.4. The predicted octanol–water partition coefficient (Wildman–Crippen LogP) is 5.27. The van der Waals surface area contributed by atoms with Crippen molar-refractivity contribution in [1.82, 2.24) is 14.2 Å². The van der Waals surface area contributed by atoms with Crippen LogP contribution in [0.3, 0.4) is 0 Å². The summed E-state index contributed by atoms with van der Waals surface area (Å²) >= 11 is 0. The number of nitrogens with one attached hydrogen (secondary N) is 1. The molecule has 0 bridgehead atoms. The highest BCUT2D eigenvalue weighted by Gasteiger charge is 2.47. The van der Waals surface area contributed by atoms with Crippen molar-refractivity contribution in [1.29, 1.82) is 0 Å². The molecule has 0 aliphatic carbocycles. The van der Waals surface area contributed by atoms with Crippen molar-refractivity contribution in [3.63, 3.8) is 0 Å². The Morgan fingerprint density at radius 2 is 1.56 bits per heavy atom. The number of aromatic amines is 1. The van der Waals surface area contributed by atoms with Crippen LogP contribution >= 0.6 is 8.53 Å². The van der Waals surface area contributed by atoms with Crippen LogP contribution in [0.1, 0.15) is 47.7 Å². The van der Waals surface area contributed by atoms with Gasteiger partial charge in [0.05, 0.1) is 33.5 Å². The molecule has 1 aromatic heterocycles. The molecule has 4 heterocycles. The highest BCUT2D eigenvalue weighted by Crippen LogP contribution is 2.55. The number of hydrogen-bond donors (Lipinski definition) is 1. The number of ether oxygens (including phenoxy) is 4. The first-order valence-electron chi connectivity index (χ1n) is 16.2. The molecule has 2 unspecified atom stereocenters. The Balaban J connectivity index is 1.27. The molecule has 3 fully saturated rings. The number of hydrogen-bond acceptors (Lipinski definition) is 9. The van der Waals surface area contributed by atoms with Gasteiger partial charge in [-0.15, -0.1) is 0 Å². The number of methoxy groups -OCH3 is 2. The molecule has 0 spiro atoms. The van der Waals surface area contributed by atoms with E-state index in [0.29, 0.717) is 24.6 Å². The smallest absolute Gasteiger partial charge is 0.330 e. The Kier molecular flexibility index (Phi) is 9.51. The van der Waals surface area contributed by atoms with Gasteiger partial charge in [0.25, 0.3) is 14.1 Å². The SMILES string of the molecule is COc1ccc(C(OC[C@H]2O[C@@H](n3cc(C)c(=O)[nH]c3=O)C[C@@H]2OP2OCC3CCCN32)(c2ccccc2)c2ccc(OC)cc2)cc1. The number of aryl methyl sites for hydroxylation is 1. The van der Waals surface area contributed by atoms with E-state index >= 15 is 0 Å². The minimum absolute atomic E-state index is 0.123. The molecule has 0 amide bonds. The first kappa shape index (κ1) is 32.7. The highest BCUT2D eigenvalue weighted by molar-refractivity contribution is 7.44. The monoisotopic (exact) mass is 673 g/mol. The zero-order valence-corrected chi connectivity index (χ0v) is 28.1. The van der Waals surface area contributed by atoms with Crippen LogP contribution in [-0.2, 0) is 24.1 Å². The predicted molar refractivity (Wildman–Crippen MR) is 180 cm³/mol. The van der Waals surface area contributed by atoms with Crippen molar-refractivity contribution in [3.8, 4) is 11.5 Å². The Labute approximate surface area is 280 Å². The fourth-order valence-corrected chi connectivity index (χ4v) is 8.69. The molecule has 3 saturated heterocycles. The number of benzene rings is 3. The molecule has 0 radical (unpaired) electrons. The molecular weight excluding hydrogens is 633 g/mol. The van der Waals surface area contributed by atoms with Crippen LogP contribution in [0, 0.1) is 6.92 Å². The van der Waals surface area contributed by atoms with Gasteiger partial charge >= 0.3 is 5.69 Å². The molecule has 12 heteroatoms. The van der Waals surface area contributed by atoms with Crippen LogP contribution in [0.4, 0.5) is 0 Å². The van der Waals surface area contributed by atoms with Crippen molar-refractivity contribution in [2.45, 2.75) is 56.3 Å². The second-order valence-electron chi connectivity index (χ2n) is 12.3. The van der Waals surface area contributed by atoms with E-state index in [9.17, 15) is 9.59 Å². The molecule has 252 valence electrons. The molecule has 7 rings (SSSR count). The summed E-state index contributed by atoms with van der Waals surface area (Å²) in [6.45, 7) is 3.37. The van der Waals surface area contributed by atoms with Crippen molar-refractivity contribution in [2.75, 3.05) is 34.0 Å². The van der Waals surface area contributed by atoms with Gasteiger partial charge in [0.1, 0.15) is 29.4 Å². The Morgan fingerprint density at radius 3 is 2.21 bits per heavy atom. The molecule has 3 aliphatic rings.